The maximum atomic E-state index is 15.0. The van der Waals surface area contributed by atoms with Crippen LogP contribution in [0.25, 0.3) is 22.4 Å². The number of nitrogens with zero attached hydrogens (tertiary/aromatic N) is 5. The van der Waals surface area contributed by atoms with E-state index in [1.165, 1.54) is 19.2 Å². The van der Waals surface area contributed by atoms with Crippen molar-refractivity contribution in [1.29, 1.82) is 0 Å². The first-order chi connectivity index (χ1) is 19.5. The number of aromatic nitrogens is 5. The van der Waals surface area contributed by atoms with E-state index in [-0.39, 0.29) is 24.5 Å². The van der Waals surface area contributed by atoms with Gasteiger partial charge in [-0.15, -0.1) is 0 Å². The average molecular weight is 563 g/mol. The molecule has 2 aromatic carbocycles. The first kappa shape index (κ1) is 26.1. The summed E-state index contributed by atoms with van der Waals surface area (Å²) in [4.78, 5) is 13.8. The second-order valence-corrected chi connectivity index (χ2v) is 9.79. The van der Waals surface area contributed by atoms with Crippen LogP contribution in [0.4, 0.5) is 20.3 Å². The van der Waals surface area contributed by atoms with Gasteiger partial charge in [-0.05, 0) is 31.4 Å². The van der Waals surface area contributed by atoms with E-state index in [4.69, 9.17) is 36.1 Å². The second-order valence-electron chi connectivity index (χ2n) is 9.39. The van der Waals surface area contributed by atoms with Gasteiger partial charge in [0.15, 0.2) is 5.82 Å². The number of anilines is 2. The monoisotopic (exact) mass is 562 g/mol. The highest BCUT2D eigenvalue weighted by atomic mass is 35.5. The molecule has 0 saturated carbocycles. The Morgan fingerprint density at radius 1 is 1.05 bits per heavy atom. The fourth-order valence-electron chi connectivity index (χ4n) is 4.87. The molecule has 204 valence electrons. The minimum Gasteiger partial charge on any atom is -0.491 e. The molecule has 0 bridgehead atoms. The van der Waals surface area contributed by atoms with Crippen LogP contribution in [-0.2, 0) is 24.1 Å². The van der Waals surface area contributed by atoms with Crippen LogP contribution in [-0.4, -0.2) is 45.1 Å². The molecule has 0 unspecified atom stereocenters. The number of hydrogen-bond donors (Lipinski definition) is 1. The lowest BCUT2D eigenvalue weighted by atomic mass is 10.1. The van der Waals surface area contributed by atoms with Gasteiger partial charge in [0.25, 0.3) is 0 Å². The molecule has 0 aliphatic heterocycles. The van der Waals surface area contributed by atoms with Gasteiger partial charge < -0.3 is 14.8 Å². The first-order valence-corrected chi connectivity index (χ1v) is 13.2. The van der Waals surface area contributed by atoms with E-state index in [2.05, 4.69) is 10.3 Å². The van der Waals surface area contributed by atoms with Crippen molar-refractivity contribution in [2.24, 2.45) is 0 Å². The van der Waals surface area contributed by atoms with Gasteiger partial charge in [-0.25, -0.2) is 18.7 Å². The first-order valence-electron chi connectivity index (χ1n) is 12.8. The Morgan fingerprint density at radius 3 is 2.67 bits per heavy atom. The van der Waals surface area contributed by atoms with Crippen molar-refractivity contribution in [2.75, 3.05) is 25.6 Å². The number of methoxy groups -OCH3 is 1. The molecule has 3 heterocycles. The van der Waals surface area contributed by atoms with E-state index in [0.717, 1.165) is 35.9 Å². The van der Waals surface area contributed by atoms with Crippen LogP contribution < -0.4 is 10.1 Å². The maximum Gasteiger partial charge on any atom is 0.182 e. The Bertz CT molecular complexity index is 1690. The molecule has 5 aromatic rings. The number of halogens is 3. The Balaban J connectivity index is 1.39. The number of pyridine rings is 1. The third kappa shape index (κ3) is 5.07. The summed E-state index contributed by atoms with van der Waals surface area (Å²) in [6.45, 7) is 0.372. The summed E-state index contributed by atoms with van der Waals surface area (Å²) < 4.78 is 42.0. The zero-order valence-corrected chi connectivity index (χ0v) is 22.4. The lowest BCUT2D eigenvalue weighted by Gasteiger charge is -2.12. The normalized spacial score (nSPS) is 12.6. The highest BCUT2D eigenvalue weighted by molar-refractivity contribution is 6.33. The molecular weight excluding hydrogens is 538 g/mol. The van der Waals surface area contributed by atoms with Crippen LogP contribution in [0, 0.1) is 11.6 Å². The van der Waals surface area contributed by atoms with Gasteiger partial charge in [-0.3, -0.25) is 9.67 Å². The third-order valence-electron chi connectivity index (χ3n) is 6.81. The van der Waals surface area contributed by atoms with Gasteiger partial charge in [-0.1, -0.05) is 29.8 Å². The highest BCUT2D eigenvalue weighted by Crippen LogP contribution is 2.34. The van der Waals surface area contributed by atoms with Crippen molar-refractivity contribution in [1.82, 2.24) is 24.7 Å². The molecule has 1 aliphatic rings. The molecule has 0 spiro atoms. The highest BCUT2D eigenvalue weighted by Gasteiger charge is 2.24. The van der Waals surface area contributed by atoms with E-state index in [1.54, 1.807) is 23.1 Å². The number of aryl methyl sites for hydroxylation is 1. The average Bonchev–Trinajstić information content (AvgIpc) is 3.57. The summed E-state index contributed by atoms with van der Waals surface area (Å²) in [5.41, 5.74) is 3.77. The van der Waals surface area contributed by atoms with Crippen molar-refractivity contribution in [3.05, 3.63) is 88.3 Å². The van der Waals surface area contributed by atoms with Crippen LogP contribution in [0.1, 0.15) is 23.2 Å². The smallest absolute Gasteiger partial charge is 0.182 e. The molecule has 1 aliphatic carbocycles. The minimum atomic E-state index is -0.719. The topological polar surface area (TPSA) is 87.0 Å². The Kier molecular flexibility index (Phi) is 7.27. The predicted octanol–water partition coefficient (Wildman–Crippen LogP) is 6.13. The molecular formula is C29H25ClF2N6O2. The van der Waals surface area contributed by atoms with Gasteiger partial charge in [0.2, 0.25) is 0 Å². The number of nitrogens with one attached hydrogen (secondary N) is 1. The van der Waals surface area contributed by atoms with Crippen LogP contribution in [0.3, 0.4) is 0 Å². The van der Waals surface area contributed by atoms with Crippen LogP contribution in [0.15, 0.2) is 54.9 Å². The number of rotatable bonds is 9. The largest absolute Gasteiger partial charge is 0.491 e. The van der Waals surface area contributed by atoms with Gasteiger partial charge in [0.05, 0.1) is 29.4 Å². The Morgan fingerprint density at radius 2 is 1.88 bits per heavy atom. The van der Waals surface area contributed by atoms with Gasteiger partial charge >= 0.3 is 0 Å². The molecule has 1 N–H and O–H groups in total. The van der Waals surface area contributed by atoms with E-state index in [0.29, 0.717) is 40.2 Å². The van der Waals surface area contributed by atoms with Gasteiger partial charge in [-0.2, -0.15) is 5.10 Å². The summed E-state index contributed by atoms with van der Waals surface area (Å²) in [5, 5.41) is 9.34. The maximum absolute atomic E-state index is 15.0. The standard InChI is InChI=1S/C29H25ClF2N6O2/c1-39-11-12-40-17-13-22(31)20(23(32)14-17)16-38-26-8-3-2-5-19(26)27(37-38)29-34-24-7-4-6-18(24)28(36-29)35-25-9-10-33-15-21(25)30/h2-3,5,8-10,13-15H,4,6-7,11-12,16H2,1H3,(H,33,34,35,36). The summed E-state index contributed by atoms with van der Waals surface area (Å²) in [5.74, 6) is -0.259. The Labute approximate surface area is 234 Å². The van der Waals surface area contributed by atoms with Crippen molar-refractivity contribution < 1.29 is 18.3 Å². The molecule has 3 aromatic heterocycles. The summed E-state index contributed by atoms with van der Waals surface area (Å²) in [6, 6.07) is 11.6. The number of fused-ring (bicyclic) bond motifs is 2. The molecule has 0 radical (unpaired) electrons. The van der Waals surface area contributed by atoms with E-state index in [1.807, 2.05) is 24.3 Å². The SMILES string of the molecule is COCCOc1cc(F)c(Cn2nc(-c3nc4c(c(Nc5ccncc5Cl)n3)CCC4)c3ccccc32)c(F)c1. The molecule has 11 heteroatoms. The van der Waals surface area contributed by atoms with Crippen molar-refractivity contribution in [3.63, 3.8) is 0 Å². The summed E-state index contributed by atoms with van der Waals surface area (Å²) in [6.07, 6.45) is 5.85. The zero-order chi connectivity index (χ0) is 27.6. The minimum absolute atomic E-state index is 0.0997. The predicted molar refractivity (Wildman–Crippen MR) is 148 cm³/mol. The number of hydrogen-bond acceptors (Lipinski definition) is 7. The second kappa shape index (κ2) is 11.1. The molecule has 0 atom stereocenters. The summed E-state index contributed by atoms with van der Waals surface area (Å²) in [7, 11) is 1.53. The van der Waals surface area contributed by atoms with Crippen LogP contribution in [0.2, 0.25) is 5.02 Å². The van der Waals surface area contributed by atoms with Crippen LogP contribution in [0.5, 0.6) is 5.75 Å². The van der Waals surface area contributed by atoms with Crippen molar-refractivity contribution in [3.8, 4) is 17.3 Å². The van der Waals surface area contributed by atoms with Crippen LogP contribution >= 0.6 is 11.6 Å². The number of benzene rings is 2. The Hall–Kier alpha value is -4.15. The third-order valence-corrected chi connectivity index (χ3v) is 7.11. The molecule has 0 fully saturated rings. The fraction of sp³-hybridized carbons (Fsp3) is 0.241. The zero-order valence-electron chi connectivity index (χ0n) is 21.6. The lowest BCUT2D eigenvalue weighted by Crippen LogP contribution is -2.09. The molecule has 0 saturated heterocycles. The lowest BCUT2D eigenvalue weighted by molar-refractivity contribution is 0.146. The fourth-order valence-corrected chi connectivity index (χ4v) is 5.03. The quantitative estimate of drug-likeness (QED) is 0.216. The van der Waals surface area contributed by atoms with E-state index >= 15 is 8.78 Å². The molecule has 6 rings (SSSR count). The molecule has 40 heavy (non-hydrogen) atoms. The van der Waals surface area contributed by atoms with E-state index in [9.17, 15) is 0 Å². The van der Waals surface area contributed by atoms with Gasteiger partial charge in [0.1, 0.15) is 35.5 Å². The van der Waals surface area contributed by atoms with Crippen molar-refractivity contribution in [2.45, 2.75) is 25.8 Å². The number of ether oxygens (including phenoxy) is 2. The molecule has 8 nitrogen and oxygen atoms in total. The van der Waals surface area contributed by atoms with Gasteiger partial charge in [0, 0.05) is 53.8 Å². The molecule has 0 amide bonds. The summed E-state index contributed by atoms with van der Waals surface area (Å²) >= 11 is 6.35. The number of para-hydroxylation sites is 1. The van der Waals surface area contributed by atoms with Crippen molar-refractivity contribution >= 4 is 34.0 Å². The van der Waals surface area contributed by atoms with E-state index < -0.39 is 11.6 Å².